The SMILES string of the molecule is CCCOCCOc1cccc(NC)n1. The molecule has 0 fully saturated rings. The minimum absolute atomic E-state index is 0.542. The van der Waals surface area contributed by atoms with Crippen molar-refractivity contribution in [3.05, 3.63) is 18.2 Å². The van der Waals surface area contributed by atoms with Gasteiger partial charge in [-0.3, -0.25) is 0 Å². The lowest BCUT2D eigenvalue weighted by Crippen LogP contribution is -2.08. The Morgan fingerprint density at radius 3 is 2.87 bits per heavy atom. The summed E-state index contributed by atoms with van der Waals surface area (Å²) in [6.07, 6.45) is 1.04. The van der Waals surface area contributed by atoms with Crippen LogP contribution in [-0.2, 0) is 4.74 Å². The maximum Gasteiger partial charge on any atom is 0.215 e. The third-order valence-corrected chi connectivity index (χ3v) is 1.81. The summed E-state index contributed by atoms with van der Waals surface area (Å²) >= 11 is 0. The van der Waals surface area contributed by atoms with Crippen LogP contribution in [0, 0.1) is 0 Å². The zero-order valence-electron chi connectivity index (χ0n) is 9.32. The van der Waals surface area contributed by atoms with Crippen molar-refractivity contribution >= 4 is 5.82 Å². The third kappa shape index (κ3) is 4.65. The second kappa shape index (κ2) is 7.06. The van der Waals surface area contributed by atoms with E-state index in [0.717, 1.165) is 18.8 Å². The number of nitrogens with zero attached hydrogens (tertiary/aromatic N) is 1. The predicted molar refractivity (Wildman–Crippen MR) is 60.4 cm³/mol. The molecule has 1 aromatic heterocycles. The fraction of sp³-hybridized carbons (Fsp3) is 0.545. The van der Waals surface area contributed by atoms with Gasteiger partial charge < -0.3 is 14.8 Å². The van der Waals surface area contributed by atoms with Crippen LogP contribution in [0.25, 0.3) is 0 Å². The van der Waals surface area contributed by atoms with Gasteiger partial charge in [-0.2, -0.15) is 4.98 Å². The molecule has 0 amide bonds. The van der Waals surface area contributed by atoms with Crippen molar-refractivity contribution in [3.8, 4) is 5.88 Å². The van der Waals surface area contributed by atoms with Crippen LogP contribution in [0.5, 0.6) is 5.88 Å². The van der Waals surface area contributed by atoms with Gasteiger partial charge in [0.05, 0.1) is 6.61 Å². The number of pyridine rings is 1. The van der Waals surface area contributed by atoms with E-state index in [2.05, 4.69) is 17.2 Å². The fourth-order valence-electron chi connectivity index (χ4n) is 1.09. The Bertz CT molecular complexity index is 279. The summed E-state index contributed by atoms with van der Waals surface area (Å²) in [6.45, 7) is 4.02. The largest absolute Gasteiger partial charge is 0.475 e. The molecule has 1 heterocycles. The van der Waals surface area contributed by atoms with Gasteiger partial charge in [-0.25, -0.2) is 0 Å². The lowest BCUT2D eigenvalue weighted by atomic mass is 10.4. The minimum Gasteiger partial charge on any atom is -0.475 e. The van der Waals surface area contributed by atoms with Gasteiger partial charge in [0.2, 0.25) is 5.88 Å². The number of ether oxygens (including phenoxy) is 2. The Morgan fingerprint density at radius 2 is 2.13 bits per heavy atom. The van der Waals surface area contributed by atoms with Crippen LogP contribution in [0.1, 0.15) is 13.3 Å². The van der Waals surface area contributed by atoms with E-state index < -0.39 is 0 Å². The summed E-state index contributed by atoms with van der Waals surface area (Å²) in [5.41, 5.74) is 0. The first-order valence-corrected chi connectivity index (χ1v) is 5.22. The molecule has 0 spiro atoms. The van der Waals surface area contributed by atoms with Gasteiger partial charge >= 0.3 is 0 Å². The molecule has 15 heavy (non-hydrogen) atoms. The lowest BCUT2D eigenvalue weighted by molar-refractivity contribution is 0.0991. The lowest BCUT2D eigenvalue weighted by Gasteiger charge is -2.06. The zero-order valence-corrected chi connectivity index (χ0v) is 9.32. The van der Waals surface area contributed by atoms with Gasteiger partial charge in [0.15, 0.2) is 0 Å². The van der Waals surface area contributed by atoms with Crippen molar-refractivity contribution < 1.29 is 9.47 Å². The Labute approximate surface area is 90.6 Å². The average molecular weight is 210 g/mol. The number of hydrogen-bond acceptors (Lipinski definition) is 4. The topological polar surface area (TPSA) is 43.4 Å². The van der Waals surface area contributed by atoms with Gasteiger partial charge in [-0.05, 0) is 12.5 Å². The first-order chi connectivity index (χ1) is 7.36. The number of aromatic nitrogens is 1. The van der Waals surface area contributed by atoms with Crippen LogP contribution >= 0.6 is 0 Å². The van der Waals surface area contributed by atoms with Gasteiger partial charge in [0.25, 0.3) is 0 Å². The highest BCUT2D eigenvalue weighted by Gasteiger charge is 1.96. The fourth-order valence-corrected chi connectivity index (χ4v) is 1.09. The molecule has 0 atom stereocenters. The highest BCUT2D eigenvalue weighted by atomic mass is 16.5. The first-order valence-electron chi connectivity index (χ1n) is 5.22. The third-order valence-electron chi connectivity index (χ3n) is 1.81. The van der Waals surface area contributed by atoms with Crippen LogP contribution in [0.4, 0.5) is 5.82 Å². The van der Waals surface area contributed by atoms with E-state index in [0.29, 0.717) is 19.1 Å². The molecule has 1 N–H and O–H groups in total. The number of anilines is 1. The van der Waals surface area contributed by atoms with Gasteiger partial charge in [-0.1, -0.05) is 13.0 Å². The maximum absolute atomic E-state index is 5.42. The number of hydrogen-bond donors (Lipinski definition) is 1. The minimum atomic E-state index is 0.542. The number of rotatable bonds is 7. The molecule has 4 nitrogen and oxygen atoms in total. The molecule has 0 aliphatic carbocycles. The molecular formula is C11H18N2O2. The molecule has 4 heteroatoms. The number of nitrogens with one attached hydrogen (secondary N) is 1. The summed E-state index contributed by atoms with van der Waals surface area (Å²) in [6, 6.07) is 5.63. The van der Waals surface area contributed by atoms with Gasteiger partial charge in [-0.15, -0.1) is 0 Å². The second-order valence-corrected chi connectivity index (χ2v) is 3.07. The summed E-state index contributed by atoms with van der Waals surface area (Å²) < 4.78 is 10.7. The highest BCUT2D eigenvalue weighted by molar-refractivity contribution is 5.35. The van der Waals surface area contributed by atoms with Crippen molar-refractivity contribution in [2.75, 3.05) is 32.2 Å². The van der Waals surface area contributed by atoms with Gasteiger partial charge in [0.1, 0.15) is 12.4 Å². The molecule has 0 aliphatic rings. The van der Waals surface area contributed by atoms with Crippen LogP contribution in [0.2, 0.25) is 0 Å². The van der Waals surface area contributed by atoms with Crippen molar-refractivity contribution in [2.24, 2.45) is 0 Å². The standard InChI is InChI=1S/C11H18N2O2/c1-3-7-14-8-9-15-11-6-4-5-10(12-2)13-11/h4-6H,3,7-9H2,1-2H3,(H,12,13). The van der Waals surface area contributed by atoms with Gasteiger partial charge in [0, 0.05) is 19.7 Å². The van der Waals surface area contributed by atoms with E-state index in [1.807, 2.05) is 25.2 Å². The Morgan fingerprint density at radius 1 is 1.27 bits per heavy atom. The molecule has 0 aliphatic heterocycles. The first kappa shape index (κ1) is 11.8. The molecule has 0 saturated carbocycles. The summed E-state index contributed by atoms with van der Waals surface area (Å²) in [5, 5.41) is 2.96. The molecule has 1 aromatic rings. The second-order valence-electron chi connectivity index (χ2n) is 3.07. The zero-order chi connectivity index (χ0) is 10.9. The summed E-state index contributed by atoms with van der Waals surface area (Å²) in [4.78, 5) is 4.22. The Balaban J connectivity index is 2.24. The Hall–Kier alpha value is -1.29. The van der Waals surface area contributed by atoms with Crippen LogP contribution in [0.15, 0.2) is 18.2 Å². The van der Waals surface area contributed by atoms with E-state index >= 15 is 0 Å². The monoisotopic (exact) mass is 210 g/mol. The average Bonchev–Trinajstić information content (AvgIpc) is 2.29. The molecular weight excluding hydrogens is 192 g/mol. The highest BCUT2D eigenvalue weighted by Crippen LogP contribution is 2.10. The molecule has 84 valence electrons. The van der Waals surface area contributed by atoms with Crippen molar-refractivity contribution in [1.29, 1.82) is 0 Å². The van der Waals surface area contributed by atoms with E-state index in [-0.39, 0.29) is 0 Å². The molecule has 0 saturated heterocycles. The predicted octanol–water partition coefficient (Wildman–Crippen LogP) is 1.93. The van der Waals surface area contributed by atoms with Crippen LogP contribution < -0.4 is 10.1 Å². The summed E-state index contributed by atoms with van der Waals surface area (Å²) in [5.74, 6) is 1.43. The normalized spacial score (nSPS) is 10.0. The Kier molecular flexibility index (Phi) is 5.55. The maximum atomic E-state index is 5.42. The van der Waals surface area contributed by atoms with Crippen molar-refractivity contribution in [3.63, 3.8) is 0 Å². The van der Waals surface area contributed by atoms with E-state index in [4.69, 9.17) is 9.47 Å². The quantitative estimate of drug-likeness (QED) is 0.698. The smallest absolute Gasteiger partial charge is 0.215 e. The molecule has 0 aromatic carbocycles. The molecule has 0 unspecified atom stereocenters. The van der Waals surface area contributed by atoms with E-state index in [9.17, 15) is 0 Å². The molecule has 1 rings (SSSR count). The molecule has 0 radical (unpaired) electrons. The van der Waals surface area contributed by atoms with E-state index in [1.54, 1.807) is 0 Å². The van der Waals surface area contributed by atoms with Crippen LogP contribution in [0.3, 0.4) is 0 Å². The van der Waals surface area contributed by atoms with E-state index in [1.165, 1.54) is 0 Å². The summed E-state index contributed by atoms with van der Waals surface area (Å²) in [7, 11) is 1.83. The molecule has 0 bridgehead atoms. The van der Waals surface area contributed by atoms with Crippen molar-refractivity contribution in [2.45, 2.75) is 13.3 Å². The van der Waals surface area contributed by atoms with Crippen LogP contribution in [-0.4, -0.2) is 31.9 Å². The van der Waals surface area contributed by atoms with Crippen molar-refractivity contribution in [1.82, 2.24) is 4.98 Å².